The third kappa shape index (κ3) is 5.63. The highest BCUT2D eigenvalue weighted by molar-refractivity contribution is 7.89. The van der Waals surface area contributed by atoms with E-state index in [1.807, 2.05) is 6.92 Å². The summed E-state index contributed by atoms with van der Waals surface area (Å²) in [5.74, 6) is -1.11. The number of ether oxygens (including phenoxy) is 1. The number of carbonyl (C=O) groups excluding carboxylic acids is 2. The smallest absolute Gasteiger partial charge is 0.419 e. The van der Waals surface area contributed by atoms with Crippen molar-refractivity contribution >= 4 is 32.9 Å². The third-order valence-electron chi connectivity index (χ3n) is 5.06. The van der Waals surface area contributed by atoms with Crippen LogP contribution in [-0.4, -0.2) is 37.1 Å². The molecule has 3 N–H and O–H groups in total. The lowest BCUT2D eigenvalue weighted by atomic mass is 10.0. The van der Waals surface area contributed by atoms with E-state index in [4.69, 9.17) is 10.5 Å². The standard InChI is InChI=1S/C24H28FN3O5S/c1-5-15-12-16(6-9-21(15)34(31,32)27-11-10-22(26)29)19-14-28(23(30)33-24(2,3)4)20-13-17(25)7-8-18(19)20/h6-9,12-14,27H,5,10-11H2,1-4H3,(H2,26,29). The van der Waals surface area contributed by atoms with Crippen molar-refractivity contribution in [2.45, 2.75) is 51.0 Å². The van der Waals surface area contributed by atoms with E-state index in [0.29, 0.717) is 34.0 Å². The molecule has 0 spiro atoms. The molecule has 1 heterocycles. The summed E-state index contributed by atoms with van der Waals surface area (Å²) in [7, 11) is -3.86. The number of nitrogens with zero attached hydrogens (tertiary/aromatic N) is 1. The van der Waals surface area contributed by atoms with Crippen molar-refractivity contribution < 1.29 is 27.1 Å². The summed E-state index contributed by atoms with van der Waals surface area (Å²) < 4.78 is 48.6. The van der Waals surface area contributed by atoms with Gasteiger partial charge in [-0.15, -0.1) is 0 Å². The Morgan fingerprint density at radius 3 is 2.47 bits per heavy atom. The topological polar surface area (TPSA) is 120 Å². The summed E-state index contributed by atoms with van der Waals surface area (Å²) in [6.07, 6.45) is 1.22. The van der Waals surface area contributed by atoms with Gasteiger partial charge in [-0.1, -0.05) is 13.0 Å². The molecular weight excluding hydrogens is 461 g/mol. The summed E-state index contributed by atoms with van der Waals surface area (Å²) in [6.45, 7) is 6.94. The highest BCUT2D eigenvalue weighted by Gasteiger charge is 2.23. The Hall–Kier alpha value is -3.24. The van der Waals surface area contributed by atoms with Crippen LogP contribution >= 0.6 is 0 Å². The van der Waals surface area contributed by atoms with Crippen LogP contribution in [0.5, 0.6) is 0 Å². The van der Waals surface area contributed by atoms with Crippen LogP contribution in [0.15, 0.2) is 47.5 Å². The van der Waals surface area contributed by atoms with E-state index < -0.39 is 33.4 Å². The normalized spacial score (nSPS) is 12.1. The number of nitrogens with two attached hydrogens (primary N) is 1. The lowest BCUT2D eigenvalue weighted by Crippen LogP contribution is -2.28. The third-order valence-corrected chi connectivity index (χ3v) is 6.62. The molecule has 1 amide bonds. The van der Waals surface area contributed by atoms with E-state index in [-0.39, 0.29) is 17.9 Å². The van der Waals surface area contributed by atoms with Gasteiger partial charge >= 0.3 is 6.09 Å². The van der Waals surface area contributed by atoms with E-state index in [1.165, 1.54) is 22.8 Å². The monoisotopic (exact) mass is 489 g/mol. The summed E-state index contributed by atoms with van der Waals surface area (Å²) in [5, 5.41) is 0.615. The Labute approximate surface area is 197 Å². The number of hydrogen-bond acceptors (Lipinski definition) is 5. The van der Waals surface area contributed by atoms with Crippen molar-refractivity contribution in [3.63, 3.8) is 0 Å². The van der Waals surface area contributed by atoms with Crippen LogP contribution in [0.25, 0.3) is 22.0 Å². The van der Waals surface area contributed by atoms with E-state index >= 15 is 0 Å². The van der Waals surface area contributed by atoms with Crippen LogP contribution in [0.4, 0.5) is 9.18 Å². The quantitative estimate of drug-likeness (QED) is 0.521. The number of halogens is 1. The first-order valence-corrected chi connectivity index (χ1v) is 12.3. The average Bonchev–Trinajstić information content (AvgIpc) is 3.10. The van der Waals surface area contributed by atoms with Gasteiger partial charge in [-0.3, -0.25) is 9.36 Å². The van der Waals surface area contributed by atoms with Gasteiger partial charge in [0.2, 0.25) is 15.9 Å². The molecule has 0 atom stereocenters. The number of carbonyl (C=O) groups is 2. The molecule has 182 valence electrons. The van der Waals surface area contributed by atoms with Crippen molar-refractivity contribution in [2.24, 2.45) is 5.73 Å². The van der Waals surface area contributed by atoms with Gasteiger partial charge in [0.25, 0.3) is 0 Å². The van der Waals surface area contributed by atoms with Gasteiger partial charge in [-0.25, -0.2) is 22.3 Å². The fourth-order valence-corrected chi connectivity index (χ4v) is 4.89. The van der Waals surface area contributed by atoms with Gasteiger partial charge < -0.3 is 10.5 Å². The second-order valence-electron chi connectivity index (χ2n) is 8.84. The summed E-state index contributed by atoms with van der Waals surface area (Å²) >= 11 is 0. The summed E-state index contributed by atoms with van der Waals surface area (Å²) in [5.41, 5.74) is 6.51. The molecule has 10 heteroatoms. The molecule has 0 aliphatic heterocycles. The van der Waals surface area contributed by atoms with Crippen LogP contribution in [0, 0.1) is 5.82 Å². The Morgan fingerprint density at radius 2 is 1.85 bits per heavy atom. The largest absolute Gasteiger partial charge is 0.443 e. The second kappa shape index (κ2) is 9.55. The predicted molar refractivity (Wildman–Crippen MR) is 127 cm³/mol. The van der Waals surface area contributed by atoms with Crippen LogP contribution in [0.3, 0.4) is 0 Å². The van der Waals surface area contributed by atoms with E-state index in [2.05, 4.69) is 4.72 Å². The molecule has 34 heavy (non-hydrogen) atoms. The van der Waals surface area contributed by atoms with Gasteiger partial charge in [0.15, 0.2) is 0 Å². The molecule has 8 nitrogen and oxygen atoms in total. The number of rotatable bonds is 7. The van der Waals surface area contributed by atoms with E-state index in [9.17, 15) is 22.4 Å². The highest BCUT2D eigenvalue weighted by atomic mass is 32.2. The molecule has 0 radical (unpaired) electrons. The number of primary amides is 1. The molecule has 0 aliphatic carbocycles. The lowest BCUT2D eigenvalue weighted by Gasteiger charge is -2.19. The highest BCUT2D eigenvalue weighted by Crippen LogP contribution is 2.34. The molecule has 2 aromatic carbocycles. The van der Waals surface area contributed by atoms with Gasteiger partial charge in [0.1, 0.15) is 11.4 Å². The number of benzene rings is 2. The first-order chi connectivity index (χ1) is 15.8. The maximum Gasteiger partial charge on any atom is 0.419 e. The van der Waals surface area contributed by atoms with E-state index in [1.54, 1.807) is 45.2 Å². The fourth-order valence-electron chi connectivity index (χ4n) is 3.56. The molecule has 0 saturated heterocycles. The molecule has 0 saturated carbocycles. The number of amides is 1. The van der Waals surface area contributed by atoms with Gasteiger partial charge in [-0.2, -0.15) is 0 Å². The first-order valence-electron chi connectivity index (χ1n) is 10.8. The summed E-state index contributed by atoms with van der Waals surface area (Å²) in [6, 6.07) is 8.95. The maximum atomic E-state index is 14.0. The molecule has 3 aromatic rings. The van der Waals surface area contributed by atoms with Crippen LogP contribution in [0.1, 0.15) is 39.7 Å². The van der Waals surface area contributed by atoms with Crippen molar-refractivity contribution in [1.29, 1.82) is 0 Å². The fraction of sp³-hybridized carbons (Fsp3) is 0.333. The molecule has 0 fully saturated rings. The van der Waals surface area contributed by atoms with Gasteiger partial charge in [0.05, 0.1) is 10.4 Å². The number of fused-ring (bicyclic) bond motifs is 1. The zero-order chi connectivity index (χ0) is 25.3. The molecule has 1 aromatic heterocycles. The molecule has 3 rings (SSSR count). The lowest BCUT2D eigenvalue weighted by molar-refractivity contribution is -0.117. The average molecular weight is 490 g/mol. The van der Waals surface area contributed by atoms with Crippen LogP contribution in [-0.2, 0) is 26.0 Å². The zero-order valence-electron chi connectivity index (χ0n) is 19.5. The number of aromatic nitrogens is 1. The second-order valence-corrected chi connectivity index (χ2v) is 10.6. The zero-order valence-corrected chi connectivity index (χ0v) is 20.3. The van der Waals surface area contributed by atoms with Crippen LogP contribution in [0.2, 0.25) is 0 Å². The first kappa shape index (κ1) is 25.4. The minimum absolute atomic E-state index is 0.0881. The van der Waals surface area contributed by atoms with Crippen molar-refractivity contribution in [1.82, 2.24) is 9.29 Å². The minimum Gasteiger partial charge on any atom is -0.443 e. The Morgan fingerprint density at radius 1 is 1.15 bits per heavy atom. The number of aryl methyl sites for hydroxylation is 1. The predicted octanol–water partition coefficient (Wildman–Crippen LogP) is 3.95. The molecule has 0 unspecified atom stereocenters. The number of sulfonamides is 1. The van der Waals surface area contributed by atoms with Gasteiger partial charge in [-0.05, 0) is 68.7 Å². The summed E-state index contributed by atoms with van der Waals surface area (Å²) in [4.78, 5) is 23.8. The number of nitrogens with one attached hydrogen (secondary N) is 1. The Balaban J connectivity index is 2.08. The van der Waals surface area contributed by atoms with E-state index in [0.717, 1.165) is 0 Å². The Kier molecular flexibility index (Phi) is 7.13. The maximum absolute atomic E-state index is 14.0. The molecule has 0 aliphatic rings. The van der Waals surface area contributed by atoms with Crippen molar-refractivity contribution in [3.8, 4) is 11.1 Å². The van der Waals surface area contributed by atoms with Crippen molar-refractivity contribution in [3.05, 3.63) is 54.0 Å². The minimum atomic E-state index is -3.86. The molecule has 0 bridgehead atoms. The molecular formula is C24H28FN3O5S. The Bertz CT molecular complexity index is 1360. The SMILES string of the molecule is CCc1cc(-c2cn(C(=O)OC(C)(C)C)c3cc(F)ccc23)ccc1S(=O)(=O)NCCC(N)=O. The van der Waals surface area contributed by atoms with Gasteiger partial charge in [0, 0.05) is 30.1 Å². The van der Waals surface area contributed by atoms with Crippen molar-refractivity contribution in [2.75, 3.05) is 6.54 Å². The number of hydrogen-bond donors (Lipinski definition) is 2. The van der Waals surface area contributed by atoms with Crippen LogP contribution < -0.4 is 10.5 Å².